The Morgan fingerprint density at radius 3 is 1.73 bits per heavy atom. The lowest BCUT2D eigenvalue weighted by atomic mass is 10.0. The summed E-state index contributed by atoms with van der Waals surface area (Å²) in [6.07, 6.45) is 20.1. The van der Waals surface area contributed by atoms with Gasteiger partial charge in [-0.2, -0.15) is 0 Å². The largest absolute Gasteiger partial charge is 0.414 e. The number of unbranched alkanes of at least 4 members (excludes halogenated alkanes) is 8. The van der Waals surface area contributed by atoms with Crippen LogP contribution in [0.3, 0.4) is 0 Å². The van der Waals surface area contributed by atoms with Crippen molar-refractivity contribution in [1.29, 1.82) is 0 Å². The third kappa shape index (κ3) is 9.35. The SMILES string of the molecule is CCCCCCCCC(CCCCCC)O[Si]1(C)CCCC1. The van der Waals surface area contributed by atoms with E-state index in [4.69, 9.17) is 4.43 Å². The summed E-state index contributed by atoms with van der Waals surface area (Å²) in [5.74, 6) is 0. The highest BCUT2D eigenvalue weighted by atomic mass is 28.4. The molecule has 1 nitrogen and oxygen atoms in total. The maximum Gasteiger partial charge on any atom is 0.190 e. The summed E-state index contributed by atoms with van der Waals surface area (Å²) < 4.78 is 6.75. The molecule has 1 fully saturated rings. The topological polar surface area (TPSA) is 9.23 Å². The first-order valence-corrected chi connectivity index (χ1v) is 13.2. The van der Waals surface area contributed by atoms with E-state index < -0.39 is 8.32 Å². The van der Waals surface area contributed by atoms with Crippen molar-refractivity contribution < 1.29 is 4.43 Å². The van der Waals surface area contributed by atoms with Crippen LogP contribution in [0.2, 0.25) is 18.6 Å². The molecule has 0 aromatic heterocycles. The van der Waals surface area contributed by atoms with Crippen LogP contribution in [0.1, 0.15) is 104 Å². The fraction of sp³-hybridized carbons (Fsp3) is 1.00. The Labute approximate surface area is 141 Å². The molecule has 132 valence electrons. The Morgan fingerprint density at radius 1 is 0.727 bits per heavy atom. The van der Waals surface area contributed by atoms with Gasteiger partial charge >= 0.3 is 0 Å². The maximum absolute atomic E-state index is 6.75. The van der Waals surface area contributed by atoms with E-state index in [1.807, 2.05) is 0 Å². The normalized spacial score (nSPS) is 18.7. The monoisotopic (exact) mass is 326 g/mol. The van der Waals surface area contributed by atoms with Gasteiger partial charge in [0.15, 0.2) is 8.32 Å². The molecule has 0 radical (unpaired) electrons. The van der Waals surface area contributed by atoms with Gasteiger partial charge in [0.25, 0.3) is 0 Å². The van der Waals surface area contributed by atoms with Crippen molar-refractivity contribution in [3.05, 3.63) is 0 Å². The summed E-state index contributed by atoms with van der Waals surface area (Å²) >= 11 is 0. The summed E-state index contributed by atoms with van der Waals surface area (Å²) in [5.41, 5.74) is 0. The van der Waals surface area contributed by atoms with E-state index in [0.717, 1.165) is 0 Å². The fourth-order valence-corrected chi connectivity index (χ4v) is 7.38. The van der Waals surface area contributed by atoms with Crippen LogP contribution >= 0.6 is 0 Å². The molecule has 1 unspecified atom stereocenters. The lowest BCUT2D eigenvalue weighted by molar-refractivity contribution is 0.162. The lowest BCUT2D eigenvalue weighted by Gasteiger charge is -2.29. The van der Waals surface area contributed by atoms with Gasteiger partial charge in [0.05, 0.1) is 0 Å². The van der Waals surface area contributed by atoms with E-state index in [1.165, 1.54) is 102 Å². The highest BCUT2D eigenvalue weighted by Crippen LogP contribution is 2.33. The predicted octanol–water partition coefficient (Wildman–Crippen LogP) is 7.46. The molecule has 0 amide bonds. The van der Waals surface area contributed by atoms with Crippen LogP contribution < -0.4 is 0 Å². The van der Waals surface area contributed by atoms with Gasteiger partial charge in [-0.25, -0.2) is 0 Å². The summed E-state index contributed by atoms with van der Waals surface area (Å²) in [4.78, 5) is 0. The second-order valence-electron chi connectivity index (χ2n) is 7.80. The van der Waals surface area contributed by atoms with E-state index in [2.05, 4.69) is 20.4 Å². The molecule has 1 heterocycles. The lowest BCUT2D eigenvalue weighted by Crippen LogP contribution is -2.35. The van der Waals surface area contributed by atoms with Crippen molar-refractivity contribution in [3.63, 3.8) is 0 Å². The molecule has 0 N–H and O–H groups in total. The van der Waals surface area contributed by atoms with Crippen LogP contribution in [-0.2, 0) is 4.43 Å². The minimum atomic E-state index is -1.30. The third-order valence-corrected chi connectivity index (χ3v) is 9.10. The van der Waals surface area contributed by atoms with Gasteiger partial charge in [0.2, 0.25) is 0 Å². The van der Waals surface area contributed by atoms with Gasteiger partial charge in [0, 0.05) is 6.10 Å². The molecule has 0 aromatic rings. The van der Waals surface area contributed by atoms with Crippen molar-refractivity contribution in [2.24, 2.45) is 0 Å². The first-order chi connectivity index (χ1) is 10.7. The maximum atomic E-state index is 6.75. The van der Waals surface area contributed by atoms with Crippen molar-refractivity contribution in [1.82, 2.24) is 0 Å². The fourth-order valence-electron chi connectivity index (χ4n) is 3.86. The summed E-state index contributed by atoms with van der Waals surface area (Å²) in [7, 11) is -1.30. The van der Waals surface area contributed by atoms with E-state index in [-0.39, 0.29) is 0 Å². The summed E-state index contributed by atoms with van der Waals surface area (Å²) in [6, 6.07) is 2.85. The van der Waals surface area contributed by atoms with Gasteiger partial charge in [-0.05, 0) is 31.5 Å². The van der Waals surface area contributed by atoms with E-state index >= 15 is 0 Å². The molecule has 1 saturated heterocycles. The van der Waals surface area contributed by atoms with Gasteiger partial charge in [-0.1, -0.05) is 90.9 Å². The molecule has 1 aliphatic heterocycles. The first-order valence-electron chi connectivity index (χ1n) is 10.4. The number of hydrogen-bond acceptors (Lipinski definition) is 1. The second-order valence-corrected chi connectivity index (χ2v) is 11.9. The van der Waals surface area contributed by atoms with Crippen LogP contribution in [0, 0.1) is 0 Å². The van der Waals surface area contributed by atoms with Crippen LogP contribution in [0.25, 0.3) is 0 Å². The van der Waals surface area contributed by atoms with Crippen LogP contribution in [-0.4, -0.2) is 14.4 Å². The minimum Gasteiger partial charge on any atom is -0.414 e. The third-order valence-electron chi connectivity index (χ3n) is 5.37. The highest BCUT2D eigenvalue weighted by Gasteiger charge is 2.35. The standard InChI is InChI=1S/C20H42OSi/c1-4-6-8-10-11-13-17-20(16-12-9-7-5-2)21-22(3)18-14-15-19-22/h20H,4-19H2,1-3H3. The molecule has 2 heteroatoms. The average Bonchev–Trinajstić information content (AvgIpc) is 2.93. The van der Waals surface area contributed by atoms with Crippen molar-refractivity contribution in [2.75, 3.05) is 0 Å². The van der Waals surface area contributed by atoms with Gasteiger partial charge in [0.1, 0.15) is 0 Å². The molecule has 0 saturated carbocycles. The number of rotatable bonds is 14. The van der Waals surface area contributed by atoms with Crippen LogP contribution in [0.4, 0.5) is 0 Å². The quantitative estimate of drug-likeness (QED) is 0.238. The highest BCUT2D eigenvalue weighted by molar-refractivity contribution is 6.73. The zero-order chi connectivity index (χ0) is 16.1. The smallest absolute Gasteiger partial charge is 0.190 e. The summed E-state index contributed by atoms with van der Waals surface area (Å²) in [6.45, 7) is 7.10. The van der Waals surface area contributed by atoms with Crippen LogP contribution in [0.5, 0.6) is 0 Å². The molecule has 0 aliphatic carbocycles. The molecule has 0 aromatic carbocycles. The van der Waals surface area contributed by atoms with Crippen LogP contribution in [0.15, 0.2) is 0 Å². The molecular formula is C20H42OSi. The van der Waals surface area contributed by atoms with E-state index in [1.54, 1.807) is 0 Å². The van der Waals surface area contributed by atoms with Crippen molar-refractivity contribution in [2.45, 2.75) is 128 Å². The Bertz CT molecular complexity index is 248. The Kier molecular flexibility index (Phi) is 11.6. The molecule has 22 heavy (non-hydrogen) atoms. The Balaban J connectivity index is 2.24. The molecule has 1 atom stereocenters. The molecule has 0 bridgehead atoms. The van der Waals surface area contributed by atoms with Crippen molar-refractivity contribution >= 4 is 8.32 Å². The molecule has 1 aliphatic rings. The molecular weight excluding hydrogens is 284 g/mol. The number of hydrogen-bond donors (Lipinski definition) is 0. The predicted molar refractivity (Wildman–Crippen MR) is 102 cm³/mol. The van der Waals surface area contributed by atoms with Gasteiger partial charge in [-0.15, -0.1) is 0 Å². The van der Waals surface area contributed by atoms with E-state index in [0.29, 0.717) is 6.10 Å². The Hall–Kier alpha value is 0.177. The minimum absolute atomic E-state index is 0.595. The molecule has 1 rings (SSSR count). The van der Waals surface area contributed by atoms with Gasteiger partial charge < -0.3 is 4.43 Å². The first kappa shape index (κ1) is 20.2. The zero-order valence-corrected chi connectivity index (χ0v) is 16.8. The second kappa shape index (κ2) is 12.6. The van der Waals surface area contributed by atoms with E-state index in [9.17, 15) is 0 Å². The zero-order valence-electron chi connectivity index (χ0n) is 15.8. The Morgan fingerprint density at radius 2 is 1.18 bits per heavy atom. The molecule has 0 spiro atoms. The average molecular weight is 327 g/mol. The van der Waals surface area contributed by atoms with Crippen molar-refractivity contribution in [3.8, 4) is 0 Å². The summed E-state index contributed by atoms with van der Waals surface area (Å²) in [5, 5.41) is 0. The van der Waals surface area contributed by atoms with Gasteiger partial charge in [-0.3, -0.25) is 0 Å².